The molecule has 92 valence electrons. The van der Waals surface area contributed by atoms with E-state index in [1.165, 1.54) is 12.1 Å². The van der Waals surface area contributed by atoms with Crippen molar-refractivity contribution in [2.24, 2.45) is 0 Å². The lowest BCUT2D eigenvalue weighted by atomic mass is 10.3. The number of carbonyl (C=O) groups is 1. The second kappa shape index (κ2) is 5.33. The van der Waals surface area contributed by atoms with Gasteiger partial charge < -0.3 is 15.0 Å². The van der Waals surface area contributed by atoms with Gasteiger partial charge in [-0.05, 0) is 18.2 Å². The highest BCUT2D eigenvalue weighted by Gasteiger charge is 2.17. The minimum absolute atomic E-state index is 0.187. The molecule has 0 spiro atoms. The van der Waals surface area contributed by atoms with Crippen molar-refractivity contribution in [3.63, 3.8) is 0 Å². The number of anilines is 1. The monoisotopic (exact) mass is 258 g/mol. The third-order valence-corrected chi connectivity index (χ3v) is 2.78. The third-order valence-electron chi connectivity index (χ3n) is 2.47. The third kappa shape index (κ3) is 3.08. The molecule has 1 N–H and O–H groups in total. The fourth-order valence-corrected chi connectivity index (χ4v) is 1.77. The zero-order chi connectivity index (χ0) is 12.3. The van der Waals surface area contributed by atoms with E-state index in [1.54, 1.807) is 4.90 Å². The maximum Gasteiger partial charge on any atom is 0.322 e. The summed E-state index contributed by atoms with van der Waals surface area (Å²) in [7, 11) is 0. The molecule has 2 rings (SSSR count). The normalized spacial score (nSPS) is 15.8. The Morgan fingerprint density at radius 2 is 2.12 bits per heavy atom. The maximum atomic E-state index is 12.8. The Labute approximate surface area is 103 Å². The lowest BCUT2D eigenvalue weighted by molar-refractivity contribution is 0.0564. The summed E-state index contributed by atoms with van der Waals surface area (Å²) in [4.78, 5) is 13.4. The number of carbonyl (C=O) groups excluding carboxylic acids is 1. The highest BCUT2D eigenvalue weighted by molar-refractivity contribution is 6.33. The van der Waals surface area contributed by atoms with Crippen LogP contribution in [0.15, 0.2) is 18.2 Å². The molecule has 0 aliphatic carbocycles. The molecule has 0 saturated carbocycles. The standard InChI is InChI=1S/C11H12ClFN2O2/c12-9-7-8(13)1-2-10(9)14-11(16)15-3-5-17-6-4-15/h1-2,7H,3-6H2,(H,14,16). The van der Waals surface area contributed by atoms with Gasteiger partial charge in [-0.3, -0.25) is 0 Å². The molecule has 0 bridgehead atoms. The highest BCUT2D eigenvalue weighted by Crippen LogP contribution is 2.22. The van der Waals surface area contributed by atoms with Gasteiger partial charge in [-0.1, -0.05) is 11.6 Å². The number of hydrogen-bond acceptors (Lipinski definition) is 2. The zero-order valence-electron chi connectivity index (χ0n) is 9.08. The Kier molecular flexibility index (Phi) is 3.81. The second-order valence-electron chi connectivity index (χ2n) is 3.65. The number of urea groups is 1. The first-order valence-electron chi connectivity index (χ1n) is 5.25. The van der Waals surface area contributed by atoms with E-state index in [0.29, 0.717) is 32.0 Å². The van der Waals surface area contributed by atoms with E-state index in [4.69, 9.17) is 16.3 Å². The Morgan fingerprint density at radius 3 is 2.76 bits per heavy atom. The summed E-state index contributed by atoms with van der Waals surface area (Å²) < 4.78 is 18.0. The van der Waals surface area contributed by atoms with Crippen molar-refractivity contribution in [2.45, 2.75) is 0 Å². The van der Waals surface area contributed by atoms with Crippen molar-refractivity contribution >= 4 is 23.3 Å². The first kappa shape index (κ1) is 12.1. The summed E-state index contributed by atoms with van der Waals surface area (Å²) in [6.45, 7) is 2.16. The average molecular weight is 259 g/mol. The Morgan fingerprint density at radius 1 is 1.41 bits per heavy atom. The number of halogens is 2. The highest BCUT2D eigenvalue weighted by atomic mass is 35.5. The molecule has 6 heteroatoms. The van der Waals surface area contributed by atoms with Gasteiger partial charge >= 0.3 is 6.03 Å². The Balaban J connectivity index is 2.02. The fourth-order valence-electron chi connectivity index (χ4n) is 1.55. The van der Waals surface area contributed by atoms with Crippen LogP contribution in [0.3, 0.4) is 0 Å². The number of hydrogen-bond donors (Lipinski definition) is 1. The van der Waals surface area contributed by atoms with Crippen molar-refractivity contribution in [3.05, 3.63) is 29.0 Å². The van der Waals surface area contributed by atoms with Crippen LogP contribution in [0, 0.1) is 5.82 Å². The number of benzene rings is 1. The largest absolute Gasteiger partial charge is 0.378 e. The molecular formula is C11H12ClFN2O2. The van der Waals surface area contributed by atoms with Crippen molar-refractivity contribution < 1.29 is 13.9 Å². The van der Waals surface area contributed by atoms with E-state index in [-0.39, 0.29) is 11.1 Å². The molecule has 2 amide bonds. The smallest absolute Gasteiger partial charge is 0.322 e. The Hall–Kier alpha value is -1.33. The summed E-state index contributed by atoms with van der Waals surface area (Å²) >= 11 is 5.81. The first-order valence-corrected chi connectivity index (χ1v) is 5.63. The minimum Gasteiger partial charge on any atom is -0.378 e. The first-order chi connectivity index (χ1) is 8.16. The van der Waals surface area contributed by atoms with Crippen molar-refractivity contribution in [3.8, 4) is 0 Å². The number of rotatable bonds is 1. The van der Waals surface area contributed by atoms with Crippen LogP contribution in [-0.4, -0.2) is 37.2 Å². The van der Waals surface area contributed by atoms with Crippen molar-refractivity contribution in [1.29, 1.82) is 0 Å². The van der Waals surface area contributed by atoms with E-state index in [9.17, 15) is 9.18 Å². The lowest BCUT2D eigenvalue weighted by Crippen LogP contribution is -2.43. The van der Waals surface area contributed by atoms with Gasteiger partial charge in [-0.25, -0.2) is 9.18 Å². The zero-order valence-corrected chi connectivity index (χ0v) is 9.84. The van der Waals surface area contributed by atoms with E-state index >= 15 is 0 Å². The van der Waals surface area contributed by atoms with Gasteiger partial charge in [0.05, 0.1) is 23.9 Å². The molecule has 0 unspecified atom stereocenters. The van der Waals surface area contributed by atoms with E-state index < -0.39 is 5.82 Å². The molecule has 17 heavy (non-hydrogen) atoms. The van der Waals surface area contributed by atoms with Crippen LogP contribution in [0.1, 0.15) is 0 Å². The Bertz CT molecular complexity index is 422. The summed E-state index contributed by atoms with van der Waals surface area (Å²) in [5.41, 5.74) is 0.407. The predicted molar refractivity (Wildman–Crippen MR) is 62.8 cm³/mol. The van der Waals surface area contributed by atoms with Crippen LogP contribution in [0.25, 0.3) is 0 Å². The average Bonchev–Trinajstić information content (AvgIpc) is 2.34. The molecule has 1 heterocycles. The van der Waals surface area contributed by atoms with E-state index in [0.717, 1.165) is 6.07 Å². The molecule has 4 nitrogen and oxygen atoms in total. The van der Waals surface area contributed by atoms with Gasteiger partial charge in [0.25, 0.3) is 0 Å². The van der Waals surface area contributed by atoms with Crippen molar-refractivity contribution in [1.82, 2.24) is 4.90 Å². The SMILES string of the molecule is O=C(Nc1ccc(F)cc1Cl)N1CCOCC1. The topological polar surface area (TPSA) is 41.6 Å². The molecule has 1 aromatic carbocycles. The van der Waals surface area contributed by atoms with Crippen LogP contribution < -0.4 is 5.32 Å². The lowest BCUT2D eigenvalue weighted by Gasteiger charge is -2.27. The summed E-state index contributed by atoms with van der Waals surface area (Å²) in [6, 6.07) is 3.61. The molecule has 1 saturated heterocycles. The van der Waals surface area contributed by atoms with Crippen molar-refractivity contribution in [2.75, 3.05) is 31.6 Å². The number of amides is 2. The molecule has 0 atom stereocenters. The minimum atomic E-state index is -0.431. The maximum absolute atomic E-state index is 12.8. The van der Waals surface area contributed by atoms with Crippen LogP contribution >= 0.6 is 11.6 Å². The molecule has 1 aliphatic rings. The number of nitrogens with zero attached hydrogens (tertiary/aromatic N) is 1. The number of nitrogens with one attached hydrogen (secondary N) is 1. The molecule has 0 radical (unpaired) electrons. The second-order valence-corrected chi connectivity index (χ2v) is 4.06. The molecule has 1 aromatic rings. The summed E-state index contributed by atoms with van der Waals surface area (Å²) in [5, 5.41) is 2.83. The van der Waals surface area contributed by atoms with Gasteiger partial charge in [-0.2, -0.15) is 0 Å². The quantitative estimate of drug-likeness (QED) is 0.840. The summed E-state index contributed by atoms with van der Waals surface area (Å²) in [6.07, 6.45) is 0. The van der Waals surface area contributed by atoms with Gasteiger partial charge in [0.15, 0.2) is 0 Å². The van der Waals surface area contributed by atoms with Crippen LogP contribution in [0.2, 0.25) is 5.02 Å². The predicted octanol–water partition coefficient (Wildman–Crippen LogP) is 2.34. The van der Waals surface area contributed by atoms with Crippen LogP contribution in [0.5, 0.6) is 0 Å². The fraction of sp³-hybridized carbons (Fsp3) is 0.364. The van der Waals surface area contributed by atoms with Crippen LogP contribution in [-0.2, 0) is 4.74 Å². The van der Waals surface area contributed by atoms with E-state index in [2.05, 4.69) is 5.32 Å². The van der Waals surface area contributed by atoms with E-state index in [1.807, 2.05) is 0 Å². The molecular weight excluding hydrogens is 247 g/mol. The molecule has 0 aromatic heterocycles. The number of ether oxygens (including phenoxy) is 1. The summed E-state index contributed by atoms with van der Waals surface area (Å²) in [5.74, 6) is -0.431. The van der Waals surface area contributed by atoms with Gasteiger partial charge in [0.1, 0.15) is 5.82 Å². The van der Waals surface area contributed by atoms with Gasteiger partial charge in [0.2, 0.25) is 0 Å². The molecule has 1 aliphatic heterocycles. The van der Waals surface area contributed by atoms with Crippen LogP contribution in [0.4, 0.5) is 14.9 Å². The molecule has 1 fully saturated rings. The van der Waals surface area contributed by atoms with Gasteiger partial charge in [0, 0.05) is 13.1 Å². The van der Waals surface area contributed by atoms with Gasteiger partial charge in [-0.15, -0.1) is 0 Å². The number of morpholine rings is 1.